The molecule has 20 heavy (non-hydrogen) atoms. The molecule has 0 heterocycles. The van der Waals surface area contributed by atoms with E-state index >= 15 is 0 Å². The van der Waals surface area contributed by atoms with E-state index in [-0.39, 0.29) is 5.69 Å². The molecule has 5 nitrogen and oxygen atoms in total. The summed E-state index contributed by atoms with van der Waals surface area (Å²) in [6.45, 7) is 10.0. The minimum Gasteiger partial charge on any atom is -0.309 e. The number of hydrogen-bond donors (Lipinski definition) is 1. The second-order valence-electron chi connectivity index (χ2n) is 4.80. The predicted octanol–water partition coefficient (Wildman–Crippen LogP) is 3.07. The average molecular weight is 300 g/mol. The van der Waals surface area contributed by atoms with Crippen LogP contribution >= 0.6 is 11.6 Å². The Morgan fingerprint density at radius 1 is 1.40 bits per heavy atom. The average Bonchev–Trinajstić information content (AvgIpc) is 2.43. The number of non-ortho nitro benzene ring substituents is 1. The normalized spacial score (nSPS) is 12.7. The SMILES string of the molecule is CCN(CC)CC(C)NCc1ccc([N+](=O)[O-])cc1Cl. The molecule has 0 spiro atoms. The summed E-state index contributed by atoms with van der Waals surface area (Å²) in [5.41, 5.74) is 0.901. The second kappa shape index (κ2) is 8.19. The van der Waals surface area contributed by atoms with Gasteiger partial charge in [-0.1, -0.05) is 25.4 Å². The lowest BCUT2D eigenvalue weighted by molar-refractivity contribution is -0.384. The molecule has 0 radical (unpaired) electrons. The Bertz CT molecular complexity index is 450. The quantitative estimate of drug-likeness (QED) is 0.592. The van der Waals surface area contributed by atoms with Crippen molar-refractivity contribution < 1.29 is 4.92 Å². The van der Waals surface area contributed by atoms with Crippen LogP contribution in [0.4, 0.5) is 5.69 Å². The van der Waals surface area contributed by atoms with Gasteiger partial charge in [0, 0.05) is 31.3 Å². The van der Waals surface area contributed by atoms with Crippen LogP contribution in [0.5, 0.6) is 0 Å². The van der Waals surface area contributed by atoms with Gasteiger partial charge < -0.3 is 10.2 Å². The lowest BCUT2D eigenvalue weighted by Gasteiger charge is -2.23. The molecule has 1 aromatic carbocycles. The number of rotatable bonds is 8. The lowest BCUT2D eigenvalue weighted by atomic mass is 10.2. The number of nitrogens with zero attached hydrogens (tertiary/aromatic N) is 2. The molecular weight excluding hydrogens is 278 g/mol. The highest BCUT2D eigenvalue weighted by molar-refractivity contribution is 6.31. The molecule has 6 heteroatoms. The summed E-state index contributed by atoms with van der Waals surface area (Å²) in [4.78, 5) is 12.5. The van der Waals surface area contributed by atoms with Gasteiger partial charge in [0.2, 0.25) is 0 Å². The van der Waals surface area contributed by atoms with Crippen LogP contribution in [0.2, 0.25) is 5.02 Å². The van der Waals surface area contributed by atoms with Crippen molar-refractivity contribution in [3.8, 4) is 0 Å². The van der Waals surface area contributed by atoms with Gasteiger partial charge in [-0.15, -0.1) is 0 Å². The zero-order chi connectivity index (χ0) is 15.1. The summed E-state index contributed by atoms with van der Waals surface area (Å²) in [5, 5.41) is 14.5. The molecule has 0 amide bonds. The summed E-state index contributed by atoms with van der Waals surface area (Å²) < 4.78 is 0. The Morgan fingerprint density at radius 2 is 2.05 bits per heavy atom. The fourth-order valence-electron chi connectivity index (χ4n) is 2.01. The molecule has 112 valence electrons. The van der Waals surface area contributed by atoms with Crippen molar-refractivity contribution in [2.45, 2.75) is 33.4 Å². The topological polar surface area (TPSA) is 58.4 Å². The minimum absolute atomic E-state index is 0.0231. The molecule has 1 N–H and O–H groups in total. The number of likely N-dealkylation sites (N-methyl/N-ethyl adjacent to an activating group) is 1. The van der Waals surface area contributed by atoms with Crippen molar-refractivity contribution in [2.75, 3.05) is 19.6 Å². The number of halogens is 1. The molecule has 0 aliphatic heterocycles. The molecule has 0 saturated heterocycles. The lowest BCUT2D eigenvalue weighted by Crippen LogP contribution is -2.38. The first-order chi connectivity index (χ1) is 9.47. The van der Waals surface area contributed by atoms with E-state index in [0.29, 0.717) is 17.6 Å². The molecule has 0 aliphatic rings. The third kappa shape index (κ3) is 5.07. The molecule has 0 fully saturated rings. The summed E-state index contributed by atoms with van der Waals surface area (Å²) >= 11 is 6.06. The van der Waals surface area contributed by atoms with Crippen LogP contribution in [0.15, 0.2) is 18.2 Å². The standard InChI is InChI=1S/C14H22ClN3O2/c1-4-17(5-2)10-11(3)16-9-12-6-7-13(18(19)20)8-14(12)15/h6-8,11,16H,4-5,9-10H2,1-3H3. The third-order valence-electron chi connectivity index (χ3n) is 3.31. The first-order valence-corrected chi connectivity index (χ1v) is 7.24. The molecule has 1 rings (SSSR count). The molecule has 1 unspecified atom stereocenters. The van der Waals surface area contributed by atoms with E-state index < -0.39 is 4.92 Å². The van der Waals surface area contributed by atoms with Crippen molar-refractivity contribution >= 4 is 17.3 Å². The number of hydrogen-bond acceptors (Lipinski definition) is 4. The van der Waals surface area contributed by atoms with Gasteiger partial charge >= 0.3 is 0 Å². The van der Waals surface area contributed by atoms with E-state index in [0.717, 1.165) is 25.2 Å². The number of nitro groups is 1. The van der Waals surface area contributed by atoms with Crippen LogP contribution in [-0.4, -0.2) is 35.5 Å². The maximum absolute atomic E-state index is 10.6. The first-order valence-electron chi connectivity index (χ1n) is 6.86. The Labute approximate surface area is 125 Å². The molecule has 0 aliphatic carbocycles. The third-order valence-corrected chi connectivity index (χ3v) is 3.67. The Kier molecular flexibility index (Phi) is 6.91. The zero-order valence-corrected chi connectivity index (χ0v) is 13.0. The second-order valence-corrected chi connectivity index (χ2v) is 5.21. The monoisotopic (exact) mass is 299 g/mol. The first kappa shape index (κ1) is 16.9. The van der Waals surface area contributed by atoms with Gasteiger partial charge in [-0.2, -0.15) is 0 Å². The van der Waals surface area contributed by atoms with E-state index in [1.165, 1.54) is 12.1 Å². The van der Waals surface area contributed by atoms with Crippen LogP contribution in [-0.2, 0) is 6.54 Å². The molecule has 1 atom stereocenters. The summed E-state index contributed by atoms with van der Waals surface area (Å²) in [7, 11) is 0. The number of nitrogens with one attached hydrogen (secondary N) is 1. The van der Waals surface area contributed by atoms with Crippen molar-refractivity contribution in [3.63, 3.8) is 0 Å². The molecule has 0 saturated carbocycles. The highest BCUT2D eigenvalue weighted by Crippen LogP contribution is 2.22. The van der Waals surface area contributed by atoms with Crippen LogP contribution in [0.25, 0.3) is 0 Å². The van der Waals surface area contributed by atoms with Crippen molar-refractivity contribution in [2.24, 2.45) is 0 Å². The maximum atomic E-state index is 10.6. The Hall–Kier alpha value is -1.17. The largest absolute Gasteiger partial charge is 0.309 e. The van der Waals surface area contributed by atoms with E-state index in [9.17, 15) is 10.1 Å². The number of benzene rings is 1. The predicted molar refractivity (Wildman–Crippen MR) is 82.2 cm³/mol. The minimum atomic E-state index is -0.438. The van der Waals surface area contributed by atoms with Crippen LogP contribution in [0.1, 0.15) is 26.3 Å². The van der Waals surface area contributed by atoms with Gasteiger partial charge in [-0.05, 0) is 31.6 Å². The van der Waals surface area contributed by atoms with Crippen molar-refractivity contribution in [1.82, 2.24) is 10.2 Å². The summed E-state index contributed by atoms with van der Waals surface area (Å²) in [5.74, 6) is 0. The van der Waals surface area contributed by atoms with Gasteiger partial charge in [-0.3, -0.25) is 10.1 Å². The summed E-state index contributed by atoms with van der Waals surface area (Å²) in [6.07, 6.45) is 0. The van der Waals surface area contributed by atoms with Gasteiger partial charge in [-0.25, -0.2) is 0 Å². The van der Waals surface area contributed by atoms with Crippen molar-refractivity contribution in [3.05, 3.63) is 38.9 Å². The van der Waals surface area contributed by atoms with Crippen LogP contribution in [0, 0.1) is 10.1 Å². The fourth-order valence-corrected chi connectivity index (χ4v) is 2.25. The molecular formula is C14H22ClN3O2. The van der Waals surface area contributed by atoms with Gasteiger partial charge in [0.25, 0.3) is 5.69 Å². The van der Waals surface area contributed by atoms with E-state index in [2.05, 4.69) is 31.0 Å². The molecule has 0 aromatic heterocycles. The summed E-state index contributed by atoms with van der Waals surface area (Å²) in [6, 6.07) is 4.92. The van der Waals surface area contributed by atoms with E-state index in [4.69, 9.17) is 11.6 Å². The Morgan fingerprint density at radius 3 is 2.55 bits per heavy atom. The fraction of sp³-hybridized carbons (Fsp3) is 0.571. The Balaban J connectivity index is 2.55. The smallest absolute Gasteiger partial charge is 0.270 e. The molecule has 1 aromatic rings. The van der Waals surface area contributed by atoms with Gasteiger partial charge in [0.15, 0.2) is 0 Å². The highest BCUT2D eigenvalue weighted by atomic mass is 35.5. The van der Waals surface area contributed by atoms with E-state index in [1.807, 2.05) is 0 Å². The van der Waals surface area contributed by atoms with E-state index in [1.54, 1.807) is 6.07 Å². The van der Waals surface area contributed by atoms with Gasteiger partial charge in [0.05, 0.1) is 9.95 Å². The van der Waals surface area contributed by atoms with Gasteiger partial charge in [0.1, 0.15) is 0 Å². The van der Waals surface area contributed by atoms with Crippen molar-refractivity contribution in [1.29, 1.82) is 0 Å². The highest BCUT2D eigenvalue weighted by Gasteiger charge is 2.11. The molecule has 0 bridgehead atoms. The zero-order valence-electron chi connectivity index (χ0n) is 12.2. The number of nitro benzene ring substituents is 1. The van der Waals surface area contributed by atoms with Crippen LogP contribution < -0.4 is 5.32 Å². The van der Waals surface area contributed by atoms with Crippen LogP contribution in [0.3, 0.4) is 0 Å². The maximum Gasteiger partial charge on any atom is 0.270 e.